The molecule has 0 N–H and O–H groups in total. The molecule has 1 aliphatic rings. The summed E-state index contributed by atoms with van der Waals surface area (Å²) < 4.78 is 28.5. The van der Waals surface area contributed by atoms with Crippen molar-refractivity contribution in [3.8, 4) is 0 Å². The van der Waals surface area contributed by atoms with Gasteiger partial charge in [-0.3, -0.25) is 0 Å². The maximum Gasteiger partial charge on any atom is 0.339 e. The van der Waals surface area contributed by atoms with E-state index in [0.717, 1.165) is 7.11 Å². The third-order valence-electron chi connectivity index (χ3n) is 6.02. The molecule has 0 amide bonds. The molecule has 0 aromatic heterocycles. The minimum Gasteiger partial charge on any atom is -0.467 e. The van der Waals surface area contributed by atoms with Crippen LogP contribution < -0.4 is 0 Å². The van der Waals surface area contributed by atoms with Crippen molar-refractivity contribution in [3.05, 3.63) is 108 Å². The Balaban J connectivity index is 1.76. The molecule has 4 rings (SSSR count). The lowest BCUT2D eigenvalue weighted by Gasteiger charge is -2.43. The smallest absolute Gasteiger partial charge is 0.339 e. The van der Waals surface area contributed by atoms with Gasteiger partial charge < -0.3 is 23.7 Å². The van der Waals surface area contributed by atoms with E-state index >= 15 is 0 Å². The van der Waals surface area contributed by atoms with Gasteiger partial charge in [0.15, 0.2) is 24.4 Å². The molecule has 0 aliphatic carbocycles. The standard InChI is InChI=1S/C30H28O9S/c1-3-40-30-25(38-28(33)21-17-11-6-12-18-21)23(37-27(32)20-15-9-5-10-16-20)22(24(39-30)29(34)35-2)36-26(31)19-13-7-4-8-14-19/h4-18,22-25,30H,3H2,1-2H3/t22-,23-,24-,25+,30-/m0/s1. The summed E-state index contributed by atoms with van der Waals surface area (Å²) >= 11 is 1.23. The SMILES string of the molecule is CCS[C@@H]1O[C@H](C(=O)OC)[C@@H](OC(=O)c2ccccc2)[C@H](OC(=O)c2ccccc2)[C@H]1OC(=O)c1ccccc1. The van der Waals surface area contributed by atoms with Gasteiger partial charge in [-0.15, -0.1) is 11.8 Å². The predicted octanol–water partition coefficient (Wildman–Crippen LogP) is 4.31. The van der Waals surface area contributed by atoms with Crippen molar-refractivity contribution in [1.82, 2.24) is 0 Å². The van der Waals surface area contributed by atoms with E-state index in [1.165, 1.54) is 23.9 Å². The Labute approximate surface area is 235 Å². The van der Waals surface area contributed by atoms with Crippen molar-refractivity contribution in [1.29, 1.82) is 0 Å². The number of hydrogen-bond acceptors (Lipinski definition) is 10. The van der Waals surface area contributed by atoms with Crippen molar-refractivity contribution in [2.75, 3.05) is 12.9 Å². The predicted molar refractivity (Wildman–Crippen MR) is 146 cm³/mol. The zero-order valence-electron chi connectivity index (χ0n) is 21.8. The Morgan fingerprint density at radius 1 is 0.650 bits per heavy atom. The highest BCUT2D eigenvalue weighted by molar-refractivity contribution is 7.99. The summed E-state index contributed by atoms with van der Waals surface area (Å²) in [5.74, 6) is -2.61. The summed E-state index contributed by atoms with van der Waals surface area (Å²) in [5.41, 5.74) is -0.294. The average Bonchev–Trinajstić information content (AvgIpc) is 3.00. The first-order valence-corrected chi connectivity index (χ1v) is 13.6. The Hall–Kier alpha value is -4.15. The summed E-state index contributed by atoms with van der Waals surface area (Å²) in [6.45, 7) is 1.85. The Morgan fingerprint density at radius 3 is 1.45 bits per heavy atom. The molecule has 5 atom stereocenters. The monoisotopic (exact) mass is 564 g/mol. The highest BCUT2D eigenvalue weighted by Crippen LogP contribution is 2.35. The van der Waals surface area contributed by atoms with Crippen LogP contribution in [0.4, 0.5) is 0 Å². The van der Waals surface area contributed by atoms with Crippen LogP contribution in [0.3, 0.4) is 0 Å². The second kappa shape index (κ2) is 13.8. The molecule has 9 nitrogen and oxygen atoms in total. The fraction of sp³-hybridized carbons (Fsp3) is 0.267. The number of carbonyl (C=O) groups is 4. The van der Waals surface area contributed by atoms with Gasteiger partial charge in [-0.2, -0.15) is 0 Å². The van der Waals surface area contributed by atoms with E-state index in [4.69, 9.17) is 23.7 Å². The largest absolute Gasteiger partial charge is 0.467 e. The van der Waals surface area contributed by atoms with Crippen LogP contribution >= 0.6 is 11.8 Å². The van der Waals surface area contributed by atoms with E-state index in [2.05, 4.69) is 0 Å². The molecule has 1 saturated heterocycles. The molecule has 3 aromatic rings. The minimum absolute atomic E-state index is 0.196. The Bertz CT molecular complexity index is 1300. The van der Waals surface area contributed by atoms with Crippen molar-refractivity contribution in [2.24, 2.45) is 0 Å². The number of ether oxygens (including phenoxy) is 5. The summed E-state index contributed by atoms with van der Waals surface area (Å²) in [4.78, 5) is 52.5. The lowest BCUT2D eigenvalue weighted by Crippen LogP contribution is -2.62. The van der Waals surface area contributed by atoms with Gasteiger partial charge in [-0.25, -0.2) is 19.2 Å². The number of benzene rings is 3. The van der Waals surface area contributed by atoms with Crippen molar-refractivity contribution in [3.63, 3.8) is 0 Å². The van der Waals surface area contributed by atoms with Crippen LogP contribution in [-0.2, 0) is 28.5 Å². The van der Waals surface area contributed by atoms with Crippen LogP contribution in [0.5, 0.6) is 0 Å². The molecular formula is C30H28O9S. The van der Waals surface area contributed by atoms with Gasteiger partial charge in [0.05, 0.1) is 23.8 Å². The summed E-state index contributed by atoms with van der Waals surface area (Å²) in [6, 6.07) is 24.5. The van der Waals surface area contributed by atoms with Crippen LogP contribution in [-0.4, -0.2) is 66.6 Å². The first kappa shape index (κ1) is 28.8. The van der Waals surface area contributed by atoms with Gasteiger partial charge in [0, 0.05) is 0 Å². The molecule has 0 saturated carbocycles. The molecule has 3 aromatic carbocycles. The number of hydrogen-bond donors (Lipinski definition) is 0. The van der Waals surface area contributed by atoms with Crippen molar-refractivity contribution in [2.45, 2.75) is 36.8 Å². The van der Waals surface area contributed by atoms with E-state index in [1.54, 1.807) is 78.9 Å². The van der Waals surface area contributed by atoms with Gasteiger partial charge in [0.2, 0.25) is 0 Å². The summed E-state index contributed by atoms with van der Waals surface area (Å²) in [7, 11) is 1.16. The van der Waals surface area contributed by atoms with E-state index < -0.39 is 53.7 Å². The molecular weight excluding hydrogens is 536 g/mol. The third-order valence-corrected chi connectivity index (χ3v) is 7.06. The zero-order valence-corrected chi connectivity index (χ0v) is 22.7. The molecule has 1 fully saturated rings. The maximum atomic E-state index is 13.3. The van der Waals surface area contributed by atoms with Gasteiger partial charge in [0.1, 0.15) is 5.44 Å². The topological polar surface area (TPSA) is 114 Å². The molecule has 208 valence electrons. The fourth-order valence-electron chi connectivity index (χ4n) is 4.10. The first-order valence-electron chi connectivity index (χ1n) is 12.6. The lowest BCUT2D eigenvalue weighted by atomic mass is 9.98. The van der Waals surface area contributed by atoms with Crippen LogP contribution in [0.2, 0.25) is 0 Å². The van der Waals surface area contributed by atoms with Crippen molar-refractivity contribution >= 4 is 35.6 Å². The second-order valence-electron chi connectivity index (χ2n) is 8.61. The highest BCUT2D eigenvalue weighted by atomic mass is 32.2. The minimum atomic E-state index is -1.50. The molecule has 1 aliphatic heterocycles. The molecule has 40 heavy (non-hydrogen) atoms. The highest BCUT2D eigenvalue weighted by Gasteiger charge is 2.55. The molecule has 0 spiro atoms. The number of carbonyl (C=O) groups excluding carboxylic acids is 4. The van der Waals surface area contributed by atoms with E-state index in [9.17, 15) is 19.2 Å². The van der Waals surface area contributed by atoms with E-state index in [0.29, 0.717) is 5.75 Å². The van der Waals surface area contributed by atoms with E-state index in [-0.39, 0.29) is 16.7 Å². The molecule has 0 bridgehead atoms. The number of esters is 4. The quantitative estimate of drug-likeness (QED) is 0.275. The Kier molecular flexibility index (Phi) is 9.93. The van der Waals surface area contributed by atoms with Crippen LogP contribution in [0.25, 0.3) is 0 Å². The summed E-state index contributed by atoms with van der Waals surface area (Å²) in [6.07, 6.45) is -5.65. The van der Waals surface area contributed by atoms with Gasteiger partial charge in [0.25, 0.3) is 0 Å². The van der Waals surface area contributed by atoms with Crippen LogP contribution in [0, 0.1) is 0 Å². The van der Waals surface area contributed by atoms with Crippen LogP contribution in [0.15, 0.2) is 91.0 Å². The lowest BCUT2D eigenvalue weighted by molar-refractivity contribution is -0.211. The third kappa shape index (κ3) is 6.88. The van der Waals surface area contributed by atoms with Crippen LogP contribution in [0.1, 0.15) is 38.0 Å². The van der Waals surface area contributed by atoms with Gasteiger partial charge >= 0.3 is 23.9 Å². The first-order chi connectivity index (χ1) is 19.4. The molecule has 1 heterocycles. The second-order valence-corrected chi connectivity index (χ2v) is 9.99. The summed E-state index contributed by atoms with van der Waals surface area (Å²) in [5, 5.41) is 0. The molecule has 10 heteroatoms. The van der Waals surface area contributed by atoms with Crippen molar-refractivity contribution < 1.29 is 42.9 Å². The zero-order chi connectivity index (χ0) is 28.5. The average molecular weight is 565 g/mol. The number of rotatable bonds is 9. The fourth-order valence-corrected chi connectivity index (χ4v) is 5.03. The molecule has 0 unspecified atom stereocenters. The number of methoxy groups -OCH3 is 1. The van der Waals surface area contributed by atoms with Gasteiger partial charge in [-0.05, 0) is 42.2 Å². The molecule has 0 radical (unpaired) electrons. The van der Waals surface area contributed by atoms with E-state index in [1.807, 2.05) is 6.92 Å². The normalized spacial score (nSPS) is 22.0. The number of thioether (sulfide) groups is 1. The van der Waals surface area contributed by atoms with Gasteiger partial charge in [-0.1, -0.05) is 61.5 Å². The Morgan fingerprint density at radius 2 is 1.05 bits per heavy atom. The maximum absolute atomic E-state index is 13.3.